The second-order valence-electron chi connectivity index (χ2n) is 15.7. The lowest BCUT2D eigenvalue weighted by Crippen LogP contribution is -2.63. The zero-order valence-electron chi connectivity index (χ0n) is 31.2. The highest BCUT2D eigenvalue weighted by Crippen LogP contribution is 2.35. The van der Waals surface area contributed by atoms with Gasteiger partial charge >= 0.3 is 5.97 Å². The molecule has 3 N–H and O–H groups in total. The molecule has 10 nitrogen and oxygen atoms in total. The topological polar surface area (TPSA) is 129 Å². The van der Waals surface area contributed by atoms with E-state index in [0.29, 0.717) is 31.1 Å². The number of ether oxygens (including phenoxy) is 3. The Kier molecular flexibility index (Phi) is 15.7. The van der Waals surface area contributed by atoms with Crippen molar-refractivity contribution >= 4 is 11.8 Å². The Morgan fingerprint density at radius 2 is 1.60 bits per heavy atom. The molecule has 0 amide bonds. The average molecular weight is 679 g/mol. The zero-order chi connectivity index (χ0) is 35.9. The number of carbonyl (C=O) groups excluding carboxylic acids is 2. The van der Waals surface area contributed by atoms with E-state index in [4.69, 9.17) is 14.2 Å². The summed E-state index contributed by atoms with van der Waals surface area (Å²) < 4.78 is 18.7. The van der Waals surface area contributed by atoms with E-state index in [2.05, 4.69) is 18.7 Å². The van der Waals surface area contributed by atoms with Gasteiger partial charge in [-0.15, -0.1) is 0 Å². The molecule has 14 atom stereocenters. The minimum atomic E-state index is -1.17. The van der Waals surface area contributed by atoms with E-state index < -0.39 is 54.7 Å². The normalized spacial score (nSPS) is 43.4. The summed E-state index contributed by atoms with van der Waals surface area (Å²) in [6, 6.07) is -0.634. The summed E-state index contributed by atoms with van der Waals surface area (Å²) in [5, 5.41) is 33.9. The third-order valence-electron chi connectivity index (χ3n) is 10.9. The Morgan fingerprint density at radius 3 is 2.21 bits per heavy atom. The van der Waals surface area contributed by atoms with Gasteiger partial charge in [-0.25, -0.2) is 0 Å². The number of piperidine rings is 1. The second kappa shape index (κ2) is 18.5. The Hall–Kier alpha value is -1.66. The Balaban J connectivity index is 2.03. The van der Waals surface area contributed by atoms with Crippen LogP contribution < -0.4 is 0 Å². The highest BCUT2D eigenvalue weighted by molar-refractivity contribution is 5.91. The Labute approximate surface area is 289 Å². The molecule has 2 fully saturated rings. The van der Waals surface area contributed by atoms with Crippen LogP contribution in [0.3, 0.4) is 0 Å². The lowest BCUT2D eigenvalue weighted by Gasteiger charge is -2.47. The number of nitrogens with zero attached hydrogens (tertiary/aromatic N) is 2. The number of allylic oxidation sites excluding steroid dienone is 3. The fourth-order valence-corrected chi connectivity index (χ4v) is 8.18. The lowest BCUT2D eigenvalue weighted by molar-refractivity contribution is -0.304. The van der Waals surface area contributed by atoms with Crippen molar-refractivity contribution in [2.24, 2.45) is 35.5 Å². The van der Waals surface area contributed by atoms with Crippen molar-refractivity contribution in [3.05, 3.63) is 23.8 Å². The minimum absolute atomic E-state index is 0.0107. The fraction of sp³-hybridized carbons (Fsp3) is 0.842. The van der Waals surface area contributed by atoms with Crippen molar-refractivity contribution in [2.45, 2.75) is 136 Å². The first-order chi connectivity index (χ1) is 22.5. The molecule has 0 aliphatic carbocycles. The van der Waals surface area contributed by atoms with E-state index in [1.807, 2.05) is 46.8 Å². The molecule has 0 aromatic rings. The molecular weight excluding hydrogens is 612 g/mol. The molecule has 0 saturated carbocycles. The molecule has 0 aromatic heterocycles. The molecule has 3 aliphatic heterocycles. The van der Waals surface area contributed by atoms with E-state index in [0.717, 1.165) is 25.2 Å². The smallest absolute Gasteiger partial charge is 0.308 e. The number of ketones is 1. The highest BCUT2D eigenvalue weighted by Gasteiger charge is 2.47. The largest absolute Gasteiger partial charge is 0.462 e. The van der Waals surface area contributed by atoms with Crippen LogP contribution in [0.5, 0.6) is 0 Å². The maximum absolute atomic E-state index is 13.5. The summed E-state index contributed by atoms with van der Waals surface area (Å²) in [6.07, 6.45) is 2.32. The van der Waals surface area contributed by atoms with Crippen molar-refractivity contribution < 1.29 is 39.1 Å². The molecule has 0 radical (unpaired) electrons. The number of rotatable bonds is 7. The summed E-state index contributed by atoms with van der Waals surface area (Å²) >= 11 is 0. The number of cyclic esters (lactones) is 1. The Morgan fingerprint density at radius 1 is 0.958 bits per heavy atom. The molecule has 2 saturated heterocycles. The van der Waals surface area contributed by atoms with Crippen LogP contribution >= 0.6 is 0 Å². The standard InChI is InChI=1S/C38H66N2O8/c1-11-32-26(6)17-22(2)12-13-30(41)25(5)18-29(14-15-40-20-23(3)16-24(4)21-40)37(27(7)31(42)19-33(43)47-32)48-38-36(45)34(39(9)10)35(44)28(8)46-38/h12-13,17,23-29,31-32,34-38,42,44-45H,11,14-16,18-21H2,1-10H3/b13-12+,22-17+/t23-,24+,25-,26+,27+,28?,29+,31-,32?,34?,35?,36?,37-,38?/m1/s1. The Bertz CT molecular complexity index is 1090. The fourth-order valence-electron chi connectivity index (χ4n) is 8.18. The molecule has 48 heavy (non-hydrogen) atoms. The van der Waals surface area contributed by atoms with Gasteiger partial charge in [0, 0.05) is 30.8 Å². The highest BCUT2D eigenvalue weighted by atomic mass is 16.7. The molecule has 3 heterocycles. The maximum atomic E-state index is 13.5. The van der Waals surface area contributed by atoms with Crippen LogP contribution in [0.15, 0.2) is 23.8 Å². The van der Waals surface area contributed by atoms with E-state index in [-0.39, 0.29) is 36.1 Å². The first kappa shape index (κ1) is 40.8. The van der Waals surface area contributed by atoms with Crippen molar-refractivity contribution in [1.29, 1.82) is 0 Å². The van der Waals surface area contributed by atoms with Crippen LogP contribution in [0.25, 0.3) is 0 Å². The van der Waals surface area contributed by atoms with E-state index in [1.54, 1.807) is 32.0 Å². The third-order valence-corrected chi connectivity index (χ3v) is 10.9. The van der Waals surface area contributed by atoms with Crippen LogP contribution in [0.1, 0.15) is 87.5 Å². The SMILES string of the molecule is CCC1OC(=O)C[C@@H](O)[C@H](C)[C@@H](OC2OC(C)C(O)C(N(C)C)C2O)[C@@H](CCN2C[C@H](C)C[C@H](C)C2)C[C@@H](C)C(=O)/C=C/C(C)=C/[C@@H]1C. The first-order valence-corrected chi connectivity index (χ1v) is 18.4. The van der Waals surface area contributed by atoms with Gasteiger partial charge in [-0.3, -0.25) is 9.59 Å². The quantitative estimate of drug-likeness (QED) is 0.337. The molecule has 10 heteroatoms. The van der Waals surface area contributed by atoms with Gasteiger partial charge < -0.3 is 39.3 Å². The van der Waals surface area contributed by atoms with Crippen molar-refractivity contribution in [2.75, 3.05) is 33.7 Å². The van der Waals surface area contributed by atoms with Gasteiger partial charge in [0.15, 0.2) is 12.1 Å². The van der Waals surface area contributed by atoms with Crippen molar-refractivity contribution in [1.82, 2.24) is 9.80 Å². The van der Waals surface area contributed by atoms with Gasteiger partial charge in [-0.05, 0) is 84.0 Å². The molecule has 0 bridgehead atoms. The monoisotopic (exact) mass is 678 g/mol. The van der Waals surface area contributed by atoms with Gasteiger partial charge in [0.25, 0.3) is 0 Å². The van der Waals surface area contributed by atoms with Crippen LogP contribution in [0, 0.1) is 35.5 Å². The molecule has 6 unspecified atom stereocenters. The van der Waals surface area contributed by atoms with Gasteiger partial charge in [-0.2, -0.15) is 0 Å². The summed E-state index contributed by atoms with van der Waals surface area (Å²) in [5.41, 5.74) is 0.916. The number of hydrogen-bond acceptors (Lipinski definition) is 10. The molecule has 3 rings (SSSR count). The lowest BCUT2D eigenvalue weighted by atomic mass is 9.79. The zero-order valence-corrected chi connectivity index (χ0v) is 31.2. The number of likely N-dealkylation sites (N-methyl/N-ethyl adjacent to an activating group) is 1. The number of esters is 1. The van der Waals surface area contributed by atoms with E-state index in [1.165, 1.54) is 6.42 Å². The summed E-state index contributed by atoms with van der Waals surface area (Å²) in [5.74, 6) is -0.486. The summed E-state index contributed by atoms with van der Waals surface area (Å²) in [6.45, 7) is 18.8. The molecule has 276 valence electrons. The average Bonchev–Trinajstić information content (AvgIpc) is 3.00. The van der Waals surface area contributed by atoms with Crippen LogP contribution in [0.4, 0.5) is 0 Å². The van der Waals surface area contributed by atoms with E-state index >= 15 is 0 Å². The van der Waals surface area contributed by atoms with Gasteiger partial charge in [0.1, 0.15) is 12.2 Å². The second-order valence-corrected chi connectivity index (χ2v) is 15.7. The minimum Gasteiger partial charge on any atom is -0.462 e. The number of hydrogen-bond donors (Lipinski definition) is 3. The number of likely N-dealkylation sites (tertiary alicyclic amines) is 1. The number of carbonyl (C=O) groups is 2. The number of aliphatic hydroxyl groups is 3. The van der Waals surface area contributed by atoms with Crippen LogP contribution in [-0.2, 0) is 23.8 Å². The predicted octanol–water partition coefficient (Wildman–Crippen LogP) is 4.21. The summed E-state index contributed by atoms with van der Waals surface area (Å²) in [7, 11) is 3.59. The van der Waals surface area contributed by atoms with Gasteiger partial charge in [-0.1, -0.05) is 59.3 Å². The summed E-state index contributed by atoms with van der Waals surface area (Å²) in [4.78, 5) is 31.0. The molecule has 0 aromatic carbocycles. The predicted molar refractivity (Wildman–Crippen MR) is 187 cm³/mol. The first-order valence-electron chi connectivity index (χ1n) is 18.4. The van der Waals surface area contributed by atoms with Crippen molar-refractivity contribution in [3.63, 3.8) is 0 Å². The van der Waals surface area contributed by atoms with E-state index in [9.17, 15) is 24.9 Å². The maximum Gasteiger partial charge on any atom is 0.308 e. The van der Waals surface area contributed by atoms with Crippen LogP contribution in [0.2, 0.25) is 0 Å². The van der Waals surface area contributed by atoms with Crippen LogP contribution in [-0.4, -0.2) is 120 Å². The third kappa shape index (κ3) is 11.2. The molecule has 3 aliphatic rings. The van der Waals surface area contributed by atoms with Crippen molar-refractivity contribution in [3.8, 4) is 0 Å². The van der Waals surface area contributed by atoms with Gasteiger partial charge in [0.2, 0.25) is 0 Å². The molecular formula is C38H66N2O8. The van der Waals surface area contributed by atoms with Gasteiger partial charge in [0.05, 0.1) is 36.9 Å². The molecule has 0 spiro atoms. The number of aliphatic hydroxyl groups excluding tert-OH is 3.